The number of halogens is 1. The maximum atomic E-state index is 5.83. The smallest absolute Gasteiger partial charge is 0.152 e. The summed E-state index contributed by atoms with van der Waals surface area (Å²) < 4.78 is 5.18. The zero-order valence-electron chi connectivity index (χ0n) is 8.53. The highest BCUT2D eigenvalue weighted by atomic mass is 35.5. The molecular formula is C10H14ClN3O. The summed E-state index contributed by atoms with van der Waals surface area (Å²) >= 11 is 5.83. The molecule has 1 aromatic rings. The standard InChI is InChI=1S/C10H14ClN3O/c1-2-15-7-10(14-12)13-9-5-3-4-8(11)6-9/h3-6H,2,7,12H2,1H3,(H,13,14). The van der Waals surface area contributed by atoms with Gasteiger partial charge in [-0.1, -0.05) is 17.7 Å². The van der Waals surface area contributed by atoms with Crippen LogP contribution >= 0.6 is 11.6 Å². The Labute approximate surface area is 94.1 Å². The van der Waals surface area contributed by atoms with E-state index in [-0.39, 0.29) is 0 Å². The number of benzene rings is 1. The van der Waals surface area contributed by atoms with E-state index < -0.39 is 0 Å². The first-order valence-corrected chi connectivity index (χ1v) is 5.01. The number of hydrogen-bond donors (Lipinski definition) is 2. The first-order valence-electron chi connectivity index (χ1n) is 4.63. The minimum atomic E-state index is 0.361. The molecule has 4 nitrogen and oxygen atoms in total. The Balaban J connectivity index is 2.59. The number of nitrogens with one attached hydrogen (secondary N) is 1. The quantitative estimate of drug-likeness (QED) is 0.358. The summed E-state index contributed by atoms with van der Waals surface area (Å²) in [6.45, 7) is 2.89. The minimum Gasteiger partial charge on any atom is -0.374 e. The van der Waals surface area contributed by atoms with Gasteiger partial charge in [0.2, 0.25) is 0 Å². The fourth-order valence-corrected chi connectivity index (χ4v) is 1.23. The van der Waals surface area contributed by atoms with E-state index in [1.807, 2.05) is 19.1 Å². The summed E-state index contributed by atoms with van der Waals surface area (Å²) in [6, 6.07) is 7.32. The number of amidine groups is 1. The summed E-state index contributed by atoms with van der Waals surface area (Å²) in [5.41, 5.74) is 0.839. The Kier molecular flexibility index (Phi) is 4.93. The maximum Gasteiger partial charge on any atom is 0.152 e. The largest absolute Gasteiger partial charge is 0.374 e. The second-order valence-corrected chi connectivity index (χ2v) is 3.28. The lowest BCUT2D eigenvalue weighted by Gasteiger charge is -2.08. The zero-order valence-corrected chi connectivity index (χ0v) is 9.29. The summed E-state index contributed by atoms with van der Waals surface area (Å²) in [5.74, 6) is 5.78. The Hall–Kier alpha value is -1.26. The van der Waals surface area contributed by atoms with Crippen LogP contribution in [0.1, 0.15) is 6.92 Å². The first-order chi connectivity index (χ1) is 7.26. The van der Waals surface area contributed by atoms with Crippen LogP contribution in [0.25, 0.3) is 0 Å². The van der Waals surface area contributed by atoms with Gasteiger partial charge in [0.25, 0.3) is 0 Å². The Bertz CT molecular complexity index is 341. The number of rotatable bonds is 4. The fourth-order valence-electron chi connectivity index (χ4n) is 1.04. The van der Waals surface area contributed by atoms with Gasteiger partial charge >= 0.3 is 0 Å². The predicted octanol–water partition coefficient (Wildman–Crippen LogP) is 2.06. The fraction of sp³-hybridized carbons (Fsp3) is 0.300. The van der Waals surface area contributed by atoms with Gasteiger partial charge in [-0.15, -0.1) is 0 Å². The summed E-state index contributed by atoms with van der Waals surface area (Å²) in [6.07, 6.45) is 0. The highest BCUT2D eigenvalue weighted by Gasteiger charge is 2.00. The number of anilines is 1. The monoisotopic (exact) mass is 227 g/mol. The molecule has 0 fully saturated rings. The molecule has 0 heterocycles. The second kappa shape index (κ2) is 6.27. The molecule has 15 heavy (non-hydrogen) atoms. The van der Waals surface area contributed by atoms with Crippen molar-refractivity contribution < 1.29 is 4.74 Å². The van der Waals surface area contributed by atoms with E-state index in [2.05, 4.69) is 10.4 Å². The average molecular weight is 228 g/mol. The van der Waals surface area contributed by atoms with Gasteiger partial charge in [0, 0.05) is 17.3 Å². The summed E-state index contributed by atoms with van der Waals surface area (Å²) in [4.78, 5) is 0. The van der Waals surface area contributed by atoms with Crippen LogP contribution in [0.4, 0.5) is 5.69 Å². The van der Waals surface area contributed by atoms with Crippen LogP contribution in [0.5, 0.6) is 0 Å². The van der Waals surface area contributed by atoms with Crippen LogP contribution in [0, 0.1) is 0 Å². The van der Waals surface area contributed by atoms with Crippen molar-refractivity contribution in [2.45, 2.75) is 6.92 Å². The summed E-state index contributed by atoms with van der Waals surface area (Å²) in [7, 11) is 0. The normalized spacial score (nSPS) is 11.5. The minimum absolute atomic E-state index is 0.361. The van der Waals surface area contributed by atoms with Crippen molar-refractivity contribution in [3.05, 3.63) is 29.3 Å². The Morgan fingerprint density at radius 2 is 2.40 bits per heavy atom. The molecule has 0 radical (unpaired) electrons. The molecule has 0 bridgehead atoms. The lowest BCUT2D eigenvalue weighted by Crippen LogP contribution is -2.20. The number of nitrogens with zero attached hydrogens (tertiary/aromatic N) is 1. The van der Waals surface area contributed by atoms with E-state index in [0.717, 1.165) is 5.69 Å². The Morgan fingerprint density at radius 1 is 1.60 bits per heavy atom. The molecule has 0 unspecified atom stereocenters. The number of hydrogen-bond acceptors (Lipinski definition) is 3. The van der Waals surface area contributed by atoms with Gasteiger partial charge < -0.3 is 15.9 Å². The van der Waals surface area contributed by atoms with Gasteiger partial charge in [-0.2, -0.15) is 5.10 Å². The predicted molar refractivity (Wildman–Crippen MR) is 63.2 cm³/mol. The molecule has 0 aromatic heterocycles. The van der Waals surface area contributed by atoms with Gasteiger partial charge in [-0.25, -0.2) is 0 Å². The molecule has 1 aromatic carbocycles. The van der Waals surface area contributed by atoms with Crippen LogP contribution in [-0.2, 0) is 4.74 Å². The van der Waals surface area contributed by atoms with E-state index in [1.54, 1.807) is 12.1 Å². The van der Waals surface area contributed by atoms with Gasteiger partial charge in [-0.05, 0) is 25.1 Å². The maximum absolute atomic E-state index is 5.83. The van der Waals surface area contributed by atoms with Gasteiger partial charge in [0.15, 0.2) is 5.84 Å². The van der Waals surface area contributed by atoms with Gasteiger partial charge in [0.05, 0.1) is 0 Å². The van der Waals surface area contributed by atoms with Gasteiger partial charge in [0.1, 0.15) is 6.61 Å². The highest BCUT2D eigenvalue weighted by Crippen LogP contribution is 2.14. The van der Waals surface area contributed by atoms with Crippen LogP contribution < -0.4 is 11.2 Å². The zero-order chi connectivity index (χ0) is 11.1. The van der Waals surface area contributed by atoms with Crippen molar-refractivity contribution in [1.29, 1.82) is 0 Å². The van der Waals surface area contributed by atoms with Crippen molar-refractivity contribution in [3.63, 3.8) is 0 Å². The van der Waals surface area contributed by atoms with Crippen LogP contribution in [-0.4, -0.2) is 19.0 Å². The van der Waals surface area contributed by atoms with Crippen molar-refractivity contribution in [2.24, 2.45) is 10.9 Å². The van der Waals surface area contributed by atoms with Crippen molar-refractivity contribution in [3.8, 4) is 0 Å². The van der Waals surface area contributed by atoms with Gasteiger partial charge in [-0.3, -0.25) is 0 Å². The molecule has 0 spiro atoms. The first kappa shape index (κ1) is 11.8. The van der Waals surface area contributed by atoms with Crippen LogP contribution in [0.3, 0.4) is 0 Å². The van der Waals surface area contributed by atoms with E-state index in [1.165, 1.54) is 0 Å². The third-order valence-electron chi connectivity index (χ3n) is 1.71. The third kappa shape index (κ3) is 4.18. The Morgan fingerprint density at radius 3 is 3.00 bits per heavy atom. The highest BCUT2D eigenvalue weighted by molar-refractivity contribution is 6.30. The lowest BCUT2D eigenvalue weighted by atomic mass is 10.3. The topological polar surface area (TPSA) is 59.6 Å². The van der Waals surface area contributed by atoms with Crippen molar-refractivity contribution >= 4 is 23.1 Å². The molecule has 0 atom stereocenters. The van der Waals surface area contributed by atoms with Crippen LogP contribution in [0.15, 0.2) is 29.4 Å². The third-order valence-corrected chi connectivity index (χ3v) is 1.95. The molecule has 0 saturated carbocycles. The molecule has 1 rings (SSSR count). The van der Waals surface area contributed by atoms with E-state index >= 15 is 0 Å². The molecule has 0 aliphatic carbocycles. The summed E-state index contributed by atoms with van der Waals surface area (Å²) in [5, 5.41) is 7.27. The molecule has 3 N–H and O–H groups in total. The molecule has 82 valence electrons. The molecule has 0 aliphatic heterocycles. The number of nitrogens with two attached hydrogens (primary N) is 1. The SMILES string of the molecule is CCOCC(=NN)Nc1cccc(Cl)c1. The van der Waals surface area contributed by atoms with Crippen molar-refractivity contribution in [1.82, 2.24) is 0 Å². The molecule has 0 aliphatic rings. The average Bonchev–Trinajstić information content (AvgIpc) is 2.24. The van der Waals surface area contributed by atoms with Crippen LogP contribution in [0.2, 0.25) is 5.02 Å². The van der Waals surface area contributed by atoms with Crippen molar-refractivity contribution in [2.75, 3.05) is 18.5 Å². The number of ether oxygens (including phenoxy) is 1. The van der Waals surface area contributed by atoms with E-state index in [9.17, 15) is 0 Å². The van der Waals surface area contributed by atoms with E-state index in [4.69, 9.17) is 22.2 Å². The molecule has 5 heteroatoms. The molecule has 0 saturated heterocycles. The van der Waals surface area contributed by atoms with E-state index in [0.29, 0.717) is 24.1 Å². The second-order valence-electron chi connectivity index (χ2n) is 2.85. The lowest BCUT2D eigenvalue weighted by molar-refractivity contribution is 0.187. The number of hydrazone groups is 1. The molecule has 0 amide bonds. The molecular weight excluding hydrogens is 214 g/mol.